The highest BCUT2D eigenvalue weighted by Crippen LogP contribution is 2.28. The fourth-order valence-corrected chi connectivity index (χ4v) is 3.08. The number of rotatable bonds is 5. The molecule has 132 valence electrons. The number of pyridine rings is 1. The number of thiophene rings is 1. The van der Waals surface area contributed by atoms with Crippen molar-refractivity contribution in [2.24, 2.45) is 0 Å². The molecule has 0 saturated heterocycles. The molecule has 0 aliphatic carbocycles. The second kappa shape index (κ2) is 7.32. The van der Waals surface area contributed by atoms with Crippen molar-refractivity contribution in [1.82, 2.24) is 4.98 Å². The smallest absolute Gasteiger partial charge is 0.283 e. The lowest BCUT2D eigenvalue weighted by atomic mass is 10.2. The number of amides is 1. The van der Waals surface area contributed by atoms with Crippen LogP contribution >= 0.6 is 11.3 Å². The Balaban J connectivity index is 1.67. The summed E-state index contributed by atoms with van der Waals surface area (Å²) in [6, 6.07) is 12.1. The molecular formula is C18H15N3O4S. The number of nitrogens with one attached hydrogen (secondary N) is 1. The molecule has 0 aliphatic heterocycles. The molecule has 1 N–H and O–H groups in total. The third-order valence-electron chi connectivity index (χ3n) is 3.55. The van der Waals surface area contributed by atoms with Crippen LogP contribution < -0.4 is 10.1 Å². The van der Waals surface area contributed by atoms with Gasteiger partial charge in [0.05, 0.1) is 26.6 Å². The first kappa shape index (κ1) is 17.6. The van der Waals surface area contributed by atoms with Gasteiger partial charge >= 0.3 is 0 Å². The molecule has 0 spiro atoms. The second-order valence-corrected chi connectivity index (χ2v) is 6.82. The molecule has 2 heterocycles. The van der Waals surface area contributed by atoms with Crippen molar-refractivity contribution in [2.45, 2.75) is 13.8 Å². The molecule has 3 rings (SSSR count). The molecular weight excluding hydrogens is 354 g/mol. The number of nitrogens with zero attached hydrogens (tertiary/aromatic N) is 2. The molecule has 0 bridgehead atoms. The lowest BCUT2D eigenvalue weighted by Crippen LogP contribution is -2.10. The van der Waals surface area contributed by atoms with E-state index in [2.05, 4.69) is 10.3 Å². The van der Waals surface area contributed by atoms with Crippen molar-refractivity contribution in [3.8, 4) is 11.6 Å². The number of carbonyl (C=O) groups is 1. The Labute approximate surface area is 153 Å². The first-order chi connectivity index (χ1) is 12.4. The fourth-order valence-electron chi connectivity index (χ4n) is 2.20. The predicted octanol–water partition coefficient (Wildman–Crippen LogP) is 4.71. The average Bonchev–Trinajstić information content (AvgIpc) is 3.01. The summed E-state index contributed by atoms with van der Waals surface area (Å²) in [6.07, 6.45) is 1.47. The topological polar surface area (TPSA) is 94.4 Å². The molecule has 0 aliphatic rings. The summed E-state index contributed by atoms with van der Waals surface area (Å²) in [5, 5.41) is 13.5. The number of nitro groups is 1. The van der Waals surface area contributed by atoms with E-state index in [0.717, 1.165) is 16.9 Å². The Bertz CT molecular complexity index is 950. The van der Waals surface area contributed by atoms with Crippen LogP contribution in [-0.2, 0) is 0 Å². The lowest BCUT2D eigenvalue weighted by Gasteiger charge is -2.07. The molecule has 7 nitrogen and oxygen atoms in total. The maximum Gasteiger partial charge on any atom is 0.283 e. The zero-order valence-corrected chi connectivity index (χ0v) is 14.9. The van der Waals surface area contributed by atoms with Crippen LogP contribution in [0, 0.1) is 24.0 Å². The number of aryl methyl sites for hydroxylation is 2. The number of ether oxygens (including phenoxy) is 1. The van der Waals surface area contributed by atoms with E-state index in [0.29, 0.717) is 22.2 Å². The van der Waals surface area contributed by atoms with Gasteiger partial charge in [0, 0.05) is 12.1 Å². The predicted molar refractivity (Wildman–Crippen MR) is 99.2 cm³/mol. The minimum atomic E-state index is -0.499. The van der Waals surface area contributed by atoms with Gasteiger partial charge in [-0.3, -0.25) is 14.9 Å². The van der Waals surface area contributed by atoms with Gasteiger partial charge in [-0.05, 0) is 32.0 Å². The Morgan fingerprint density at radius 3 is 2.50 bits per heavy atom. The highest BCUT2D eigenvalue weighted by atomic mass is 32.1. The Morgan fingerprint density at radius 1 is 1.19 bits per heavy atom. The van der Waals surface area contributed by atoms with Crippen LogP contribution in [0.4, 0.5) is 11.4 Å². The van der Waals surface area contributed by atoms with Gasteiger partial charge in [-0.25, -0.2) is 4.98 Å². The van der Waals surface area contributed by atoms with Crippen molar-refractivity contribution < 1.29 is 14.5 Å². The molecule has 26 heavy (non-hydrogen) atoms. The summed E-state index contributed by atoms with van der Waals surface area (Å²) in [7, 11) is 0. The SMILES string of the molecule is Cc1ccc(Oc2ccc(NC(=O)c3cc([N+](=O)[O-])c(C)s3)cn2)cc1. The van der Waals surface area contributed by atoms with Crippen molar-refractivity contribution in [1.29, 1.82) is 0 Å². The van der Waals surface area contributed by atoms with E-state index in [1.807, 2.05) is 31.2 Å². The third-order valence-corrected chi connectivity index (χ3v) is 4.59. The molecule has 3 aromatic rings. The summed E-state index contributed by atoms with van der Waals surface area (Å²) < 4.78 is 5.63. The highest BCUT2D eigenvalue weighted by molar-refractivity contribution is 7.14. The first-order valence-corrected chi connectivity index (χ1v) is 8.51. The first-order valence-electron chi connectivity index (χ1n) is 7.69. The second-order valence-electron chi connectivity index (χ2n) is 5.56. The molecule has 2 aromatic heterocycles. The minimum Gasteiger partial charge on any atom is -0.439 e. The zero-order chi connectivity index (χ0) is 18.7. The van der Waals surface area contributed by atoms with E-state index in [1.165, 1.54) is 12.3 Å². The number of hydrogen-bond acceptors (Lipinski definition) is 6. The Morgan fingerprint density at radius 2 is 1.92 bits per heavy atom. The summed E-state index contributed by atoms with van der Waals surface area (Å²) in [5.41, 5.74) is 1.55. The van der Waals surface area contributed by atoms with Gasteiger partial charge in [0.25, 0.3) is 11.6 Å². The van der Waals surface area contributed by atoms with E-state index < -0.39 is 10.8 Å². The fraction of sp³-hybridized carbons (Fsp3) is 0.111. The minimum absolute atomic E-state index is 0.0554. The van der Waals surface area contributed by atoms with Crippen LogP contribution in [0.3, 0.4) is 0 Å². The molecule has 0 unspecified atom stereocenters. The van der Waals surface area contributed by atoms with E-state index in [4.69, 9.17) is 4.74 Å². The van der Waals surface area contributed by atoms with Crippen LogP contribution in [0.5, 0.6) is 11.6 Å². The number of hydrogen-bond donors (Lipinski definition) is 1. The van der Waals surface area contributed by atoms with Crippen molar-refractivity contribution in [3.63, 3.8) is 0 Å². The lowest BCUT2D eigenvalue weighted by molar-refractivity contribution is -0.385. The maximum absolute atomic E-state index is 12.2. The number of anilines is 1. The third kappa shape index (κ3) is 4.04. The van der Waals surface area contributed by atoms with Crippen LogP contribution in [0.1, 0.15) is 20.1 Å². The van der Waals surface area contributed by atoms with Gasteiger partial charge in [0.1, 0.15) is 5.75 Å². The summed E-state index contributed by atoms with van der Waals surface area (Å²) in [5.74, 6) is 0.649. The van der Waals surface area contributed by atoms with Crippen molar-refractivity contribution in [2.75, 3.05) is 5.32 Å². The van der Waals surface area contributed by atoms with E-state index in [9.17, 15) is 14.9 Å². The summed E-state index contributed by atoms with van der Waals surface area (Å²) in [4.78, 5) is 27.5. The van der Waals surface area contributed by atoms with Crippen molar-refractivity contribution in [3.05, 3.63) is 74.1 Å². The molecule has 8 heteroatoms. The molecule has 0 fully saturated rings. The number of carbonyl (C=O) groups excluding carboxylic acids is 1. The Hall–Kier alpha value is -3.26. The maximum atomic E-state index is 12.2. The number of aromatic nitrogens is 1. The zero-order valence-electron chi connectivity index (χ0n) is 14.1. The van der Waals surface area contributed by atoms with Crippen molar-refractivity contribution >= 4 is 28.6 Å². The largest absolute Gasteiger partial charge is 0.439 e. The van der Waals surface area contributed by atoms with Gasteiger partial charge in [0.2, 0.25) is 5.88 Å². The molecule has 0 atom stereocenters. The van der Waals surface area contributed by atoms with Crippen LogP contribution in [0.15, 0.2) is 48.7 Å². The average molecular weight is 369 g/mol. The number of benzene rings is 1. The molecule has 1 amide bonds. The highest BCUT2D eigenvalue weighted by Gasteiger charge is 2.19. The van der Waals surface area contributed by atoms with Gasteiger partial charge < -0.3 is 10.1 Å². The van der Waals surface area contributed by atoms with Gasteiger partial charge in [-0.15, -0.1) is 11.3 Å². The normalized spacial score (nSPS) is 10.4. The molecule has 0 radical (unpaired) electrons. The van der Waals surface area contributed by atoms with E-state index in [-0.39, 0.29) is 10.6 Å². The van der Waals surface area contributed by atoms with E-state index >= 15 is 0 Å². The van der Waals surface area contributed by atoms with Gasteiger partial charge in [-0.2, -0.15) is 0 Å². The van der Waals surface area contributed by atoms with Gasteiger partial charge in [0.15, 0.2) is 0 Å². The van der Waals surface area contributed by atoms with E-state index in [1.54, 1.807) is 19.1 Å². The standard InChI is InChI=1S/C18H15N3O4S/c1-11-3-6-14(7-4-11)25-17-8-5-13(10-19-17)20-18(22)16-9-15(21(23)24)12(2)26-16/h3-10H,1-2H3,(H,20,22). The van der Waals surface area contributed by atoms with Crippen LogP contribution in [-0.4, -0.2) is 15.8 Å². The van der Waals surface area contributed by atoms with Gasteiger partial charge in [-0.1, -0.05) is 17.7 Å². The monoisotopic (exact) mass is 369 g/mol. The molecule has 1 aromatic carbocycles. The van der Waals surface area contributed by atoms with Crippen LogP contribution in [0.2, 0.25) is 0 Å². The van der Waals surface area contributed by atoms with Crippen LogP contribution in [0.25, 0.3) is 0 Å². The quantitative estimate of drug-likeness (QED) is 0.519. The summed E-state index contributed by atoms with van der Waals surface area (Å²) >= 11 is 1.08. The molecule has 0 saturated carbocycles. The Kier molecular flexibility index (Phi) is 4.94. The summed E-state index contributed by atoms with van der Waals surface area (Å²) in [6.45, 7) is 3.60.